The lowest BCUT2D eigenvalue weighted by atomic mass is 9.82. The molecule has 0 aliphatic carbocycles. The van der Waals surface area contributed by atoms with Gasteiger partial charge in [-0.15, -0.1) is 0 Å². The highest BCUT2D eigenvalue weighted by atomic mass is 16.4. The van der Waals surface area contributed by atoms with E-state index in [-0.39, 0.29) is 25.0 Å². The fourth-order valence-electron chi connectivity index (χ4n) is 3.20. The molecule has 0 saturated heterocycles. The highest BCUT2D eigenvalue weighted by Gasteiger charge is 2.21. The molecule has 0 amide bonds. The van der Waals surface area contributed by atoms with Crippen molar-refractivity contribution in [3.8, 4) is 0 Å². The molecule has 0 aromatic heterocycles. The second kappa shape index (κ2) is 16.9. The van der Waals surface area contributed by atoms with Crippen molar-refractivity contribution < 1.29 is 30.0 Å². The van der Waals surface area contributed by atoms with E-state index < -0.39 is 11.9 Å². The van der Waals surface area contributed by atoms with E-state index in [0.717, 1.165) is 12.8 Å². The first kappa shape index (κ1) is 29.3. The summed E-state index contributed by atoms with van der Waals surface area (Å²) < 4.78 is 0. The SMILES string of the molecule is CC(C)CC(CO)C(CO)CC(C)C.O=C(O)c1ccccc1.O=C(O)c1ccccc1. The molecule has 2 atom stereocenters. The number of hydrogen-bond acceptors (Lipinski definition) is 4. The van der Waals surface area contributed by atoms with Gasteiger partial charge in [0.25, 0.3) is 0 Å². The number of hydrogen-bond donors (Lipinski definition) is 4. The van der Waals surface area contributed by atoms with E-state index in [1.807, 2.05) is 0 Å². The Bertz CT molecular complexity index is 678. The molecule has 32 heavy (non-hydrogen) atoms. The number of benzene rings is 2. The summed E-state index contributed by atoms with van der Waals surface area (Å²) in [5.74, 6) is -0.0438. The van der Waals surface area contributed by atoms with Crippen molar-refractivity contribution in [2.75, 3.05) is 13.2 Å². The molecule has 0 aliphatic rings. The molecule has 2 aromatic carbocycles. The molecule has 0 saturated carbocycles. The van der Waals surface area contributed by atoms with Crippen LogP contribution in [0.1, 0.15) is 61.3 Å². The molecule has 178 valence electrons. The average Bonchev–Trinajstić information content (AvgIpc) is 2.77. The largest absolute Gasteiger partial charge is 0.478 e. The topological polar surface area (TPSA) is 115 Å². The van der Waals surface area contributed by atoms with Crippen LogP contribution in [0.3, 0.4) is 0 Å². The Morgan fingerprint density at radius 3 is 1.06 bits per heavy atom. The zero-order valence-corrected chi connectivity index (χ0v) is 19.5. The van der Waals surface area contributed by atoms with Crippen molar-refractivity contribution in [2.24, 2.45) is 23.7 Å². The number of carbonyl (C=O) groups is 2. The standard InChI is InChI=1S/C12H26O2.2C7H6O2/c1-9(2)5-11(7-13)12(8-14)6-10(3)4;2*8-7(9)6-4-2-1-3-5-6/h9-14H,5-8H2,1-4H3;2*1-5H,(H,8,9). The van der Waals surface area contributed by atoms with Gasteiger partial charge in [-0.25, -0.2) is 9.59 Å². The zero-order valence-electron chi connectivity index (χ0n) is 19.5. The quantitative estimate of drug-likeness (QED) is 0.428. The molecule has 0 fully saturated rings. The minimum atomic E-state index is -0.879. The van der Waals surface area contributed by atoms with Gasteiger partial charge in [-0.05, 0) is 60.8 Å². The van der Waals surface area contributed by atoms with Gasteiger partial charge in [-0.3, -0.25) is 0 Å². The van der Waals surface area contributed by atoms with E-state index in [1.54, 1.807) is 60.7 Å². The van der Waals surface area contributed by atoms with Crippen molar-refractivity contribution in [3.63, 3.8) is 0 Å². The summed E-state index contributed by atoms with van der Waals surface area (Å²) in [6.45, 7) is 9.05. The van der Waals surface area contributed by atoms with Crippen molar-refractivity contribution in [3.05, 3.63) is 71.8 Å². The lowest BCUT2D eigenvalue weighted by Crippen LogP contribution is -2.25. The van der Waals surface area contributed by atoms with Gasteiger partial charge in [0.2, 0.25) is 0 Å². The first-order valence-electron chi connectivity index (χ1n) is 10.9. The maximum absolute atomic E-state index is 10.2. The van der Waals surface area contributed by atoms with Gasteiger partial charge in [0.15, 0.2) is 0 Å². The number of rotatable bonds is 9. The maximum Gasteiger partial charge on any atom is 0.335 e. The summed E-state index contributed by atoms with van der Waals surface area (Å²) >= 11 is 0. The van der Waals surface area contributed by atoms with Crippen LogP contribution in [0.5, 0.6) is 0 Å². The van der Waals surface area contributed by atoms with E-state index >= 15 is 0 Å². The molecular formula is C26H38O6. The summed E-state index contributed by atoms with van der Waals surface area (Å²) in [5.41, 5.74) is 0.662. The molecule has 4 N–H and O–H groups in total. The molecule has 0 spiro atoms. The van der Waals surface area contributed by atoms with Gasteiger partial charge in [0, 0.05) is 13.2 Å². The van der Waals surface area contributed by atoms with E-state index in [0.29, 0.717) is 23.0 Å². The second-order valence-electron chi connectivity index (χ2n) is 8.49. The third-order valence-electron chi connectivity index (χ3n) is 4.73. The molecule has 0 radical (unpaired) electrons. The summed E-state index contributed by atoms with van der Waals surface area (Å²) in [6, 6.07) is 16.6. The highest BCUT2D eigenvalue weighted by Crippen LogP contribution is 2.25. The Morgan fingerprint density at radius 1 is 0.625 bits per heavy atom. The summed E-state index contributed by atoms with van der Waals surface area (Å²) in [6.07, 6.45) is 2.02. The predicted octanol–water partition coefficient (Wildman–Crippen LogP) is 5.07. The number of carboxylic acids is 2. The zero-order chi connectivity index (χ0) is 24.5. The molecule has 0 aliphatic heterocycles. The minimum Gasteiger partial charge on any atom is -0.478 e. The molecule has 0 bridgehead atoms. The van der Waals surface area contributed by atoms with E-state index in [1.165, 1.54) is 0 Å². The van der Waals surface area contributed by atoms with Crippen LogP contribution in [-0.2, 0) is 0 Å². The molecule has 2 rings (SSSR count). The summed E-state index contributed by atoms with van der Waals surface area (Å²) in [4.78, 5) is 20.4. The van der Waals surface area contributed by atoms with Crippen molar-refractivity contribution in [1.29, 1.82) is 0 Å². The Balaban J connectivity index is 0.000000466. The Kier molecular flexibility index (Phi) is 15.5. The first-order valence-corrected chi connectivity index (χ1v) is 10.9. The first-order chi connectivity index (χ1) is 15.1. The van der Waals surface area contributed by atoms with E-state index in [2.05, 4.69) is 27.7 Å². The number of aliphatic hydroxyl groups excluding tert-OH is 2. The monoisotopic (exact) mass is 446 g/mol. The summed E-state index contributed by atoms with van der Waals surface area (Å²) in [7, 11) is 0. The molecule has 0 heterocycles. The van der Waals surface area contributed by atoms with Crippen molar-refractivity contribution >= 4 is 11.9 Å². The smallest absolute Gasteiger partial charge is 0.335 e. The van der Waals surface area contributed by atoms with Crippen LogP contribution >= 0.6 is 0 Å². The Hall–Kier alpha value is -2.70. The van der Waals surface area contributed by atoms with Crippen molar-refractivity contribution in [2.45, 2.75) is 40.5 Å². The normalized spacial score (nSPS) is 12.1. The number of aliphatic hydroxyl groups is 2. The number of aromatic carboxylic acids is 2. The van der Waals surface area contributed by atoms with E-state index in [4.69, 9.17) is 10.2 Å². The lowest BCUT2D eigenvalue weighted by molar-refractivity contribution is 0.0686. The van der Waals surface area contributed by atoms with Gasteiger partial charge < -0.3 is 20.4 Å². The Labute approximate surface area is 191 Å². The maximum atomic E-state index is 10.2. The average molecular weight is 447 g/mol. The van der Waals surface area contributed by atoms with Gasteiger partial charge in [0.05, 0.1) is 11.1 Å². The van der Waals surface area contributed by atoms with Crippen LogP contribution in [0.25, 0.3) is 0 Å². The molecule has 2 aromatic rings. The fraction of sp³-hybridized carbons (Fsp3) is 0.462. The van der Waals surface area contributed by atoms with Gasteiger partial charge in [-0.1, -0.05) is 64.1 Å². The molecule has 6 heteroatoms. The van der Waals surface area contributed by atoms with Crippen LogP contribution in [-0.4, -0.2) is 45.6 Å². The van der Waals surface area contributed by atoms with Gasteiger partial charge >= 0.3 is 11.9 Å². The molecule has 2 unspecified atom stereocenters. The fourth-order valence-corrected chi connectivity index (χ4v) is 3.20. The number of carboxylic acid groups (broad SMARTS) is 2. The molecule has 6 nitrogen and oxygen atoms in total. The van der Waals surface area contributed by atoms with Crippen LogP contribution in [0.2, 0.25) is 0 Å². The van der Waals surface area contributed by atoms with Gasteiger partial charge in [-0.2, -0.15) is 0 Å². The summed E-state index contributed by atoms with van der Waals surface area (Å²) in [5, 5.41) is 35.3. The van der Waals surface area contributed by atoms with Gasteiger partial charge in [0.1, 0.15) is 0 Å². The molecular weight excluding hydrogens is 408 g/mol. The van der Waals surface area contributed by atoms with Crippen molar-refractivity contribution in [1.82, 2.24) is 0 Å². The third kappa shape index (κ3) is 13.6. The minimum absolute atomic E-state index is 0.204. The second-order valence-corrected chi connectivity index (χ2v) is 8.49. The predicted molar refractivity (Wildman–Crippen MR) is 127 cm³/mol. The Morgan fingerprint density at radius 2 is 0.906 bits per heavy atom. The van der Waals surface area contributed by atoms with Crippen LogP contribution in [0.4, 0.5) is 0 Å². The third-order valence-corrected chi connectivity index (χ3v) is 4.73. The van der Waals surface area contributed by atoms with Crippen LogP contribution in [0.15, 0.2) is 60.7 Å². The highest BCUT2D eigenvalue weighted by molar-refractivity contribution is 5.87. The van der Waals surface area contributed by atoms with Crippen LogP contribution in [0, 0.1) is 23.7 Å². The lowest BCUT2D eigenvalue weighted by Gasteiger charge is -2.26. The van der Waals surface area contributed by atoms with Crippen LogP contribution < -0.4 is 0 Å². The van der Waals surface area contributed by atoms with E-state index in [9.17, 15) is 19.8 Å².